The molecule has 0 aliphatic rings. The Morgan fingerprint density at radius 3 is 2.48 bits per heavy atom. The molecule has 0 spiro atoms. The van der Waals surface area contributed by atoms with Crippen molar-refractivity contribution in [1.29, 1.82) is 0 Å². The van der Waals surface area contributed by atoms with Gasteiger partial charge in [-0.3, -0.25) is 4.79 Å². The van der Waals surface area contributed by atoms with Crippen LogP contribution in [0.25, 0.3) is 11.0 Å². The van der Waals surface area contributed by atoms with Crippen LogP contribution in [0.5, 0.6) is 5.75 Å². The van der Waals surface area contributed by atoms with Crippen molar-refractivity contribution >= 4 is 16.9 Å². The van der Waals surface area contributed by atoms with Crippen molar-refractivity contribution < 1.29 is 19.2 Å². The van der Waals surface area contributed by atoms with E-state index in [1.165, 1.54) is 5.56 Å². The molecule has 2 aromatic carbocycles. The maximum Gasteiger partial charge on any atom is 0.307 e. The molecule has 0 aliphatic carbocycles. The second-order valence-corrected chi connectivity index (χ2v) is 7.34. The smallest absolute Gasteiger partial charge is 0.307 e. The van der Waals surface area contributed by atoms with Crippen molar-refractivity contribution in [2.75, 3.05) is 6.61 Å². The van der Waals surface area contributed by atoms with E-state index >= 15 is 0 Å². The van der Waals surface area contributed by atoms with Gasteiger partial charge in [0.15, 0.2) is 5.58 Å². The predicted octanol–water partition coefficient (Wildman–Crippen LogP) is 5.37. The number of rotatable bonds is 11. The number of unbranched alkanes of at least 4 members (excludes halogenated alkanes) is 1. The molecule has 0 fully saturated rings. The summed E-state index contributed by atoms with van der Waals surface area (Å²) in [5.74, 6) is 0.1000. The highest BCUT2D eigenvalue weighted by atomic mass is 16.5. The topological polar surface area (TPSA) is 72.6 Å². The van der Waals surface area contributed by atoms with Gasteiger partial charge in [0.2, 0.25) is 0 Å². The van der Waals surface area contributed by atoms with Crippen molar-refractivity contribution in [3.63, 3.8) is 0 Å². The molecule has 3 aromatic rings. The molecule has 0 bridgehead atoms. The Bertz CT molecular complexity index is 943. The van der Waals surface area contributed by atoms with E-state index in [-0.39, 0.29) is 6.42 Å². The molecule has 154 valence electrons. The summed E-state index contributed by atoms with van der Waals surface area (Å²) in [6.07, 6.45) is 5.80. The summed E-state index contributed by atoms with van der Waals surface area (Å²) in [4.78, 5) is 10.7. The number of carbonyl (C=O) groups is 1. The standard InChI is InChI=1S/C24H29NO4/c1-3-7-20-22(14-13-19-21(4-2)25-29-24(19)20)28-15-6-5-8-17-9-11-18(12-10-17)16-23(26)27/h9-14H,3-8,15-16H2,1-2H3,(H,26,27). The van der Waals surface area contributed by atoms with Gasteiger partial charge in [0.05, 0.1) is 18.7 Å². The zero-order chi connectivity index (χ0) is 20.6. The Kier molecular flexibility index (Phi) is 7.28. The average molecular weight is 395 g/mol. The molecule has 1 aromatic heterocycles. The number of ether oxygens (including phenoxy) is 1. The first-order valence-corrected chi connectivity index (χ1v) is 10.4. The largest absolute Gasteiger partial charge is 0.493 e. The van der Waals surface area contributed by atoms with Gasteiger partial charge in [-0.25, -0.2) is 0 Å². The first-order valence-electron chi connectivity index (χ1n) is 10.4. The van der Waals surface area contributed by atoms with Crippen LogP contribution in [-0.2, 0) is 30.5 Å². The number of fused-ring (bicyclic) bond motifs is 1. The lowest BCUT2D eigenvalue weighted by molar-refractivity contribution is -0.136. The van der Waals surface area contributed by atoms with Gasteiger partial charge in [0.25, 0.3) is 0 Å². The molecule has 5 heteroatoms. The number of benzene rings is 2. The quantitative estimate of drug-likeness (QED) is 0.442. The van der Waals surface area contributed by atoms with Crippen LogP contribution in [0.2, 0.25) is 0 Å². The lowest BCUT2D eigenvalue weighted by atomic mass is 10.0. The lowest BCUT2D eigenvalue weighted by Crippen LogP contribution is -2.02. The molecule has 1 heterocycles. The third kappa shape index (κ3) is 5.37. The highest BCUT2D eigenvalue weighted by Crippen LogP contribution is 2.31. The normalized spacial score (nSPS) is 11.1. The van der Waals surface area contributed by atoms with Gasteiger partial charge in [0.1, 0.15) is 5.75 Å². The molecular weight excluding hydrogens is 366 g/mol. The zero-order valence-corrected chi connectivity index (χ0v) is 17.2. The van der Waals surface area contributed by atoms with Gasteiger partial charge in [-0.05, 0) is 55.4 Å². The summed E-state index contributed by atoms with van der Waals surface area (Å²) in [7, 11) is 0. The summed E-state index contributed by atoms with van der Waals surface area (Å²) in [6, 6.07) is 11.9. The summed E-state index contributed by atoms with van der Waals surface area (Å²) in [5.41, 5.74) is 5.04. The van der Waals surface area contributed by atoms with E-state index < -0.39 is 5.97 Å². The summed E-state index contributed by atoms with van der Waals surface area (Å²) >= 11 is 0. The number of carboxylic acids is 1. The summed E-state index contributed by atoms with van der Waals surface area (Å²) in [6.45, 7) is 4.90. The van der Waals surface area contributed by atoms with Gasteiger partial charge >= 0.3 is 5.97 Å². The maximum absolute atomic E-state index is 10.7. The van der Waals surface area contributed by atoms with Crippen LogP contribution >= 0.6 is 0 Å². The Labute approximate surface area is 171 Å². The number of aryl methyl sites for hydroxylation is 3. The molecule has 0 saturated heterocycles. The summed E-state index contributed by atoms with van der Waals surface area (Å²) < 4.78 is 11.7. The van der Waals surface area contributed by atoms with E-state index in [0.29, 0.717) is 6.61 Å². The van der Waals surface area contributed by atoms with Crippen molar-refractivity contribution in [1.82, 2.24) is 5.16 Å². The van der Waals surface area contributed by atoms with Gasteiger partial charge in [-0.2, -0.15) is 0 Å². The van der Waals surface area contributed by atoms with Gasteiger partial charge in [-0.15, -0.1) is 0 Å². The fourth-order valence-electron chi connectivity index (χ4n) is 3.58. The molecule has 1 N–H and O–H groups in total. The minimum atomic E-state index is -0.799. The molecule has 5 nitrogen and oxygen atoms in total. The molecule has 0 amide bonds. The Balaban J connectivity index is 1.53. The SMILES string of the molecule is CCCc1c(OCCCCc2ccc(CC(=O)O)cc2)ccc2c(CC)noc12. The van der Waals surface area contributed by atoms with E-state index in [1.807, 2.05) is 30.3 Å². The van der Waals surface area contributed by atoms with Crippen LogP contribution in [0, 0.1) is 0 Å². The Morgan fingerprint density at radius 1 is 1.03 bits per heavy atom. The Morgan fingerprint density at radius 2 is 1.79 bits per heavy atom. The second kappa shape index (κ2) is 10.1. The number of aromatic nitrogens is 1. The lowest BCUT2D eigenvalue weighted by Gasteiger charge is -2.11. The highest BCUT2D eigenvalue weighted by Gasteiger charge is 2.15. The number of hydrogen-bond donors (Lipinski definition) is 1. The van der Waals surface area contributed by atoms with E-state index in [9.17, 15) is 4.79 Å². The van der Waals surface area contributed by atoms with Crippen LogP contribution in [0.3, 0.4) is 0 Å². The first kappa shape index (κ1) is 20.9. The molecule has 29 heavy (non-hydrogen) atoms. The molecule has 3 rings (SSSR count). The van der Waals surface area contributed by atoms with E-state index in [2.05, 4.69) is 25.1 Å². The third-order valence-corrected chi connectivity index (χ3v) is 5.11. The fourth-order valence-corrected chi connectivity index (χ4v) is 3.58. The fraction of sp³-hybridized carbons (Fsp3) is 0.417. The Hall–Kier alpha value is -2.82. The van der Waals surface area contributed by atoms with Gasteiger partial charge in [0, 0.05) is 10.9 Å². The van der Waals surface area contributed by atoms with Gasteiger partial charge in [-0.1, -0.05) is 49.7 Å². The minimum absolute atomic E-state index is 0.0729. The highest BCUT2D eigenvalue weighted by molar-refractivity contribution is 5.84. The third-order valence-electron chi connectivity index (χ3n) is 5.11. The van der Waals surface area contributed by atoms with Crippen LogP contribution in [-0.4, -0.2) is 22.8 Å². The van der Waals surface area contributed by atoms with Crippen molar-refractivity contribution in [3.05, 3.63) is 58.8 Å². The summed E-state index contributed by atoms with van der Waals surface area (Å²) in [5, 5.41) is 14.1. The van der Waals surface area contributed by atoms with Crippen molar-refractivity contribution in [3.8, 4) is 5.75 Å². The molecule has 0 unspecified atom stereocenters. The monoisotopic (exact) mass is 395 g/mol. The average Bonchev–Trinajstić information content (AvgIpc) is 3.13. The van der Waals surface area contributed by atoms with E-state index in [1.54, 1.807) is 0 Å². The number of nitrogens with zero attached hydrogens (tertiary/aromatic N) is 1. The van der Waals surface area contributed by atoms with Gasteiger partial charge < -0.3 is 14.4 Å². The zero-order valence-electron chi connectivity index (χ0n) is 17.2. The van der Waals surface area contributed by atoms with Crippen LogP contribution in [0.4, 0.5) is 0 Å². The number of carboxylic acid groups (broad SMARTS) is 1. The van der Waals surface area contributed by atoms with Crippen molar-refractivity contribution in [2.45, 2.75) is 58.8 Å². The van der Waals surface area contributed by atoms with Crippen LogP contribution in [0.1, 0.15) is 55.5 Å². The minimum Gasteiger partial charge on any atom is -0.493 e. The van der Waals surface area contributed by atoms with Crippen LogP contribution < -0.4 is 4.74 Å². The van der Waals surface area contributed by atoms with E-state index in [4.69, 9.17) is 14.4 Å². The molecular formula is C24H29NO4. The van der Waals surface area contributed by atoms with Crippen molar-refractivity contribution in [2.24, 2.45) is 0 Å². The molecule has 0 aliphatic heterocycles. The number of hydrogen-bond acceptors (Lipinski definition) is 4. The second-order valence-electron chi connectivity index (χ2n) is 7.34. The van der Waals surface area contributed by atoms with E-state index in [0.717, 1.165) is 72.1 Å². The number of aliphatic carboxylic acids is 1. The van der Waals surface area contributed by atoms with Crippen LogP contribution in [0.15, 0.2) is 40.9 Å². The molecule has 0 saturated carbocycles. The molecule has 0 atom stereocenters. The predicted molar refractivity (Wildman–Crippen MR) is 114 cm³/mol. The first-order chi connectivity index (χ1) is 14.1. The maximum atomic E-state index is 10.7. The molecule has 0 radical (unpaired) electrons.